The molecule has 0 radical (unpaired) electrons. The highest BCUT2D eigenvalue weighted by atomic mass is 35.5. The minimum absolute atomic E-state index is 0.0552. The Labute approximate surface area is 166 Å². The van der Waals surface area contributed by atoms with Gasteiger partial charge in [0.05, 0.1) is 21.7 Å². The number of hydrogen-bond acceptors (Lipinski definition) is 3. The largest absolute Gasteiger partial charge is 0.353 e. The van der Waals surface area contributed by atoms with Crippen LogP contribution in [0, 0.1) is 5.92 Å². The summed E-state index contributed by atoms with van der Waals surface area (Å²) in [5, 5.41) is 3.72. The number of carbonyl (C=O) groups is 1. The van der Waals surface area contributed by atoms with Gasteiger partial charge in [-0.1, -0.05) is 42.6 Å². The Bertz CT molecular complexity index is 740. The van der Waals surface area contributed by atoms with Gasteiger partial charge in [-0.3, -0.25) is 4.79 Å². The zero-order valence-electron chi connectivity index (χ0n) is 15.2. The molecule has 5 nitrogen and oxygen atoms in total. The number of hydrogen-bond donors (Lipinski definition) is 1. The van der Waals surface area contributed by atoms with Crippen LogP contribution in [0.3, 0.4) is 0 Å². The molecular formula is C18H26Cl2N2O3S. The van der Waals surface area contributed by atoms with E-state index >= 15 is 0 Å². The average molecular weight is 421 g/mol. The van der Waals surface area contributed by atoms with Crippen LogP contribution < -0.4 is 5.32 Å². The fourth-order valence-electron chi connectivity index (χ4n) is 3.21. The molecule has 2 unspecified atom stereocenters. The summed E-state index contributed by atoms with van der Waals surface area (Å²) in [5.74, 6) is -0.503. The summed E-state index contributed by atoms with van der Waals surface area (Å²) in [5.41, 5.74) is 0.586. The first-order chi connectivity index (χ1) is 12.2. The van der Waals surface area contributed by atoms with E-state index in [1.54, 1.807) is 18.2 Å². The normalized spacial score (nSPS) is 19.9. The molecule has 2 rings (SSSR count). The predicted octanol–water partition coefficient (Wildman–Crippen LogP) is 3.84. The van der Waals surface area contributed by atoms with Gasteiger partial charge in [0.25, 0.3) is 0 Å². The van der Waals surface area contributed by atoms with Crippen molar-refractivity contribution < 1.29 is 13.2 Å². The van der Waals surface area contributed by atoms with Crippen LogP contribution in [-0.2, 0) is 20.6 Å². The van der Waals surface area contributed by atoms with Gasteiger partial charge >= 0.3 is 0 Å². The molecule has 1 aromatic carbocycles. The number of benzene rings is 1. The van der Waals surface area contributed by atoms with Gasteiger partial charge in [0.2, 0.25) is 15.9 Å². The quantitative estimate of drug-likeness (QED) is 0.728. The molecule has 2 atom stereocenters. The van der Waals surface area contributed by atoms with Crippen molar-refractivity contribution in [3.63, 3.8) is 0 Å². The summed E-state index contributed by atoms with van der Waals surface area (Å²) in [7, 11) is -3.52. The SMILES string of the molecule is CCCC(C)NC(=O)C1CCCN(S(=O)(=O)Cc2ccc(Cl)c(Cl)c2)C1. The number of nitrogens with zero attached hydrogens (tertiary/aromatic N) is 1. The van der Waals surface area contributed by atoms with Crippen molar-refractivity contribution in [3.8, 4) is 0 Å². The van der Waals surface area contributed by atoms with Gasteiger partial charge in [-0.25, -0.2) is 12.7 Å². The summed E-state index contributed by atoms with van der Waals surface area (Å²) < 4.78 is 26.9. The highest BCUT2D eigenvalue weighted by Crippen LogP contribution is 2.26. The summed E-state index contributed by atoms with van der Waals surface area (Å²) in [6.07, 6.45) is 3.30. The van der Waals surface area contributed by atoms with Crippen LogP contribution in [0.4, 0.5) is 0 Å². The smallest absolute Gasteiger partial charge is 0.224 e. The lowest BCUT2D eigenvalue weighted by molar-refractivity contribution is -0.126. The van der Waals surface area contributed by atoms with Crippen LogP contribution in [0.15, 0.2) is 18.2 Å². The number of nitrogens with one attached hydrogen (secondary N) is 1. The third kappa shape index (κ3) is 5.84. The van der Waals surface area contributed by atoms with Crippen LogP contribution in [-0.4, -0.2) is 37.8 Å². The summed E-state index contributed by atoms with van der Waals surface area (Å²) >= 11 is 11.9. The van der Waals surface area contributed by atoms with Crippen LogP contribution in [0.1, 0.15) is 45.1 Å². The zero-order chi connectivity index (χ0) is 19.3. The van der Waals surface area contributed by atoms with Gasteiger partial charge < -0.3 is 5.32 Å². The van der Waals surface area contributed by atoms with Crippen molar-refractivity contribution in [1.82, 2.24) is 9.62 Å². The van der Waals surface area contributed by atoms with E-state index in [4.69, 9.17) is 23.2 Å². The fourth-order valence-corrected chi connectivity index (χ4v) is 5.12. The van der Waals surface area contributed by atoms with E-state index in [0.29, 0.717) is 35.0 Å². The Hall–Kier alpha value is -0.820. The number of sulfonamides is 1. The van der Waals surface area contributed by atoms with Crippen molar-refractivity contribution in [2.75, 3.05) is 13.1 Å². The molecule has 0 spiro atoms. The number of piperidine rings is 1. The van der Waals surface area contributed by atoms with Crippen LogP contribution >= 0.6 is 23.2 Å². The Morgan fingerprint density at radius 1 is 1.35 bits per heavy atom. The first kappa shape index (κ1) is 21.5. The van der Waals surface area contributed by atoms with E-state index in [-0.39, 0.29) is 30.2 Å². The first-order valence-electron chi connectivity index (χ1n) is 8.95. The van der Waals surface area contributed by atoms with E-state index in [1.807, 2.05) is 6.92 Å². The molecule has 1 N–H and O–H groups in total. The van der Waals surface area contributed by atoms with Crippen molar-refractivity contribution in [3.05, 3.63) is 33.8 Å². The maximum atomic E-state index is 12.8. The summed E-state index contributed by atoms with van der Waals surface area (Å²) in [6, 6.07) is 4.93. The maximum Gasteiger partial charge on any atom is 0.224 e. The van der Waals surface area contributed by atoms with E-state index in [9.17, 15) is 13.2 Å². The average Bonchev–Trinajstić information content (AvgIpc) is 2.58. The first-order valence-corrected chi connectivity index (χ1v) is 11.3. The molecule has 1 aliphatic rings. The van der Waals surface area contributed by atoms with Gasteiger partial charge in [0, 0.05) is 19.1 Å². The van der Waals surface area contributed by atoms with E-state index in [1.165, 1.54) is 4.31 Å². The molecule has 0 bridgehead atoms. The number of halogens is 2. The van der Waals surface area contributed by atoms with Crippen molar-refractivity contribution in [2.24, 2.45) is 5.92 Å². The topological polar surface area (TPSA) is 66.5 Å². The van der Waals surface area contributed by atoms with Crippen molar-refractivity contribution in [1.29, 1.82) is 0 Å². The summed E-state index contributed by atoms with van der Waals surface area (Å²) in [4.78, 5) is 12.4. The zero-order valence-corrected chi connectivity index (χ0v) is 17.5. The molecule has 1 heterocycles. The van der Waals surface area contributed by atoms with Gasteiger partial charge in [-0.15, -0.1) is 0 Å². The molecule has 26 heavy (non-hydrogen) atoms. The molecule has 1 fully saturated rings. The molecule has 0 saturated carbocycles. The molecule has 0 aliphatic carbocycles. The Kier molecular flexibility index (Phi) is 7.76. The molecule has 146 valence electrons. The van der Waals surface area contributed by atoms with E-state index < -0.39 is 10.0 Å². The third-order valence-electron chi connectivity index (χ3n) is 4.59. The van der Waals surface area contributed by atoms with Crippen LogP contribution in [0.2, 0.25) is 10.0 Å². The molecular weight excluding hydrogens is 395 g/mol. The minimum atomic E-state index is -3.52. The van der Waals surface area contributed by atoms with Gasteiger partial charge in [0.1, 0.15) is 0 Å². The molecule has 1 aliphatic heterocycles. The van der Waals surface area contributed by atoms with Crippen molar-refractivity contribution in [2.45, 2.75) is 51.3 Å². The standard InChI is InChI=1S/C18H26Cl2N2O3S/c1-3-5-13(2)21-18(23)15-6-4-9-22(11-15)26(24,25)12-14-7-8-16(19)17(20)10-14/h7-8,10,13,15H,3-6,9,11-12H2,1-2H3,(H,21,23). The molecule has 1 amide bonds. The number of amides is 1. The molecule has 8 heteroatoms. The molecule has 1 aromatic rings. The van der Waals surface area contributed by atoms with E-state index in [0.717, 1.165) is 12.8 Å². The lowest BCUT2D eigenvalue weighted by Crippen LogP contribution is -2.47. The predicted molar refractivity (Wildman–Crippen MR) is 106 cm³/mol. The monoisotopic (exact) mass is 420 g/mol. The number of carbonyl (C=O) groups excluding carboxylic acids is 1. The maximum absolute atomic E-state index is 12.8. The molecule has 0 aromatic heterocycles. The Morgan fingerprint density at radius 2 is 2.08 bits per heavy atom. The highest BCUT2D eigenvalue weighted by molar-refractivity contribution is 7.88. The lowest BCUT2D eigenvalue weighted by Gasteiger charge is -2.32. The van der Waals surface area contributed by atoms with Gasteiger partial charge in [0.15, 0.2) is 0 Å². The summed E-state index contributed by atoms with van der Waals surface area (Å²) in [6.45, 7) is 4.72. The van der Waals surface area contributed by atoms with Gasteiger partial charge in [-0.2, -0.15) is 0 Å². The number of rotatable bonds is 7. The Balaban J connectivity index is 2.02. The Morgan fingerprint density at radius 3 is 2.73 bits per heavy atom. The second-order valence-corrected chi connectivity index (χ2v) is 9.68. The molecule has 1 saturated heterocycles. The van der Waals surface area contributed by atoms with Crippen molar-refractivity contribution >= 4 is 39.1 Å². The van der Waals surface area contributed by atoms with Gasteiger partial charge in [-0.05, 0) is 43.9 Å². The second-order valence-electron chi connectivity index (χ2n) is 6.90. The second kappa shape index (κ2) is 9.40. The lowest BCUT2D eigenvalue weighted by atomic mass is 9.98. The highest BCUT2D eigenvalue weighted by Gasteiger charge is 2.32. The van der Waals surface area contributed by atoms with Crippen LogP contribution in [0.25, 0.3) is 0 Å². The van der Waals surface area contributed by atoms with Crippen LogP contribution in [0.5, 0.6) is 0 Å². The fraction of sp³-hybridized carbons (Fsp3) is 0.611. The minimum Gasteiger partial charge on any atom is -0.353 e. The third-order valence-corrected chi connectivity index (χ3v) is 7.15. The van der Waals surface area contributed by atoms with E-state index in [2.05, 4.69) is 12.2 Å².